The molecule has 6 heteroatoms. The Kier molecular flexibility index (Phi) is 6.74. The molecule has 1 aromatic rings. The van der Waals surface area contributed by atoms with E-state index >= 15 is 4.39 Å². The molecule has 1 rings (SSSR count). The molecule has 0 saturated carbocycles. The van der Waals surface area contributed by atoms with Crippen LogP contribution in [0, 0.1) is 11.3 Å². The first-order valence-electron chi connectivity index (χ1n) is 7.45. The van der Waals surface area contributed by atoms with Gasteiger partial charge in [-0.2, -0.15) is 5.26 Å². The van der Waals surface area contributed by atoms with Gasteiger partial charge in [-0.25, -0.2) is 4.39 Å². The molecule has 0 fully saturated rings. The van der Waals surface area contributed by atoms with E-state index in [9.17, 15) is 9.83 Å². The molecule has 0 aromatic heterocycles. The fourth-order valence-corrected chi connectivity index (χ4v) is 3.91. The summed E-state index contributed by atoms with van der Waals surface area (Å²) in [6.45, 7) is 7.00. The molecule has 3 atom stereocenters. The average Bonchev–Trinajstić information content (AvgIpc) is 2.54. The zero-order chi connectivity index (χ0) is 16.8. The molecule has 0 bridgehead atoms. The normalized spacial score (nSPS) is 19.5. The number of nitrogens with zero attached hydrogens (tertiary/aromatic N) is 1. The van der Waals surface area contributed by atoms with Gasteiger partial charge in [0.1, 0.15) is 6.07 Å². The van der Waals surface area contributed by atoms with Gasteiger partial charge >= 0.3 is 13.0 Å². The predicted octanol–water partition coefficient (Wildman–Crippen LogP) is 5.16. The highest BCUT2D eigenvalue weighted by atomic mass is 31.2. The summed E-state index contributed by atoms with van der Waals surface area (Å²) >= 11 is 0. The number of nitriles is 1. The molecule has 0 heterocycles. The number of alkyl halides is 1. The fourth-order valence-electron chi connectivity index (χ4n) is 1.74. The van der Waals surface area contributed by atoms with E-state index in [2.05, 4.69) is 0 Å². The van der Waals surface area contributed by atoms with Gasteiger partial charge in [-0.3, -0.25) is 4.57 Å². The standard InChI is InChI=1S/C16H23FNO3P/c1-5-13(3)20-22(19,21-14(4)6-2)16(17,12-18)15-10-8-7-9-11-15/h7-11,13-14H,5-6H2,1-4H3. The highest BCUT2D eigenvalue weighted by molar-refractivity contribution is 7.55. The first-order valence-corrected chi connectivity index (χ1v) is 8.99. The molecular formula is C16H23FNO3P. The monoisotopic (exact) mass is 327 g/mol. The summed E-state index contributed by atoms with van der Waals surface area (Å²) in [4.78, 5) is 0. The molecule has 0 spiro atoms. The minimum absolute atomic E-state index is 0.0209. The van der Waals surface area contributed by atoms with Crippen molar-refractivity contribution in [3.05, 3.63) is 35.9 Å². The van der Waals surface area contributed by atoms with Gasteiger partial charge in [0.05, 0.1) is 12.2 Å². The second-order valence-electron chi connectivity index (χ2n) is 5.25. The summed E-state index contributed by atoms with van der Waals surface area (Å²) in [5.74, 6) is 0. The number of hydrogen-bond donors (Lipinski definition) is 0. The van der Waals surface area contributed by atoms with E-state index in [0.29, 0.717) is 12.8 Å². The molecule has 0 radical (unpaired) electrons. The van der Waals surface area contributed by atoms with E-state index in [-0.39, 0.29) is 5.56 Å². The molecular weight excluding hydrogens is 304 g/mol. The van der Waals surface area contributed by atoms with Crippen molar-refractivity contribution in [1.29, 1.82) is 5.26 Å². The van der Waals surface area contributed by atoms with E-state index < -0.39 is 25.2 Å². The van der Waals surface area contributed by atoms with Gasteiger partial charge in [0, 0.05) is 5.56 Å². The van der Waals surface area contributed by atoms with E-state index in [1.54, 1.807) is 32.0 Å². The topological polar surface area (TPSA) is 59.3 Å². The van der Waals surface area contributed by atoms with Crippen molar-refractivity contribution in [2.24, 2.45) is 0 Å². The van der Waals surface area contributed by atoms with Gasteiger partial charge in [0.2, 0.25) is 0 Å². The lowest BCUT2D eigenvalue weighted by atomic mass is 10.1. The van der Waals surface area contributed by atoms with Crippen LogP contribution in [-0.4, -0.2) is 12.2 Å². The van der Waals surface area contributed by atoms with Gasteiger partial charge < -0.3 is 9.05 Å². The molecule has 0 aliphatic carbocycles. The van der Waals surface area contributed by atoms with Crippen molar-refractivity contribution < 1.29 is 18.0 Å². The zero-order valence-corrected chi connectivity index (χ0v) is 14.3. The first kappa shape index (κ1) is 18.8. The number of halogens is 1. The van der Waals surface area contributed by atoms with Gasteiger partial charge in [-0.15, -0.1) is 0 Å². The second kappa shape index (κ2) is 7.87. The quantitative estimate of drug-likeness (QED) is 0.619. The average molecular weight is 327 g/mol. The van der Waals surface area contributed by atoms with Crippen molar-refractivity contribution >= 4 is 7.60 Å². The maximum absolute atomic E-state index is 15.4. The Hall–Kier alpha value is -1.21. The molecule has 0 N–H and O–H groups in total. The van der Waals surface area contributed by atoms with Crippen LogP contribution in [0.3, 0.4) is 0 Å². The van der Waals surface area contributed by atoms with E-state index in [0.717, 1.165) is 0 Å². The third-order valence-corrected chi connectivity index (χ3v) is 5.86. The van der Waals surface area contributed by atoms with Crippen LogP contribution in [0.25, 0.3) is 0 Å². The van der Waals surface area contributed by atoms with Crippen LogP contribution >= 0.6 is 7.60 Å². The van der Waals surface area contributed by atoms with Crippen molar-refractivity contribution in [2.75, 3.05) is 0 Å². The Morgan fingerprint density at radius 1 is 1.18 bits per heavy atom. The molecule has 1 aromatic carbocycles. The van der Waals surface area contributed by atoms with E-state index in [1.807, 2.05) is 13.8 Å². The highest BCUT2D eigenvalue weighted by Gasteiger charge is 2.56. The smallest absolute Gasteiger partial charge is 0.302 e. The Bertz CT molecular complexity index is 544. The van der Waals surface area contributed by atoms with Crippen molar-refractivity contribution in [3.63, 3.8) is 0 Å². The molecule has 0 aliphatic heterocycles. The Morgan fingerprint density at radius 3 is 2.00 bits per heavy atom. The molecule has 122 valence electrons. The Morgan fingerprint density at radius 2 is 1.64 bits per heavy atom. The zero-order valence-electron chi connectivity index (χ0n) is 13.5. The van der Waals surface area contributed by atoms with Gasteiger partial charge in [0.15, 0.2) is 0 Å². The molecule has 0 saturated heterocycles. The summed E-state index contributed by atoms with van der Waals surface area (Å²) < 4.78 is 39.4. The number of benzene rings is 1. The highest BCUT2D eigenvalue weighted by Crippen LogP contribution is 2.67. The van der Waals surface area contributed by atoms with Crippen molar-refractivity contribution in [2.45, 2.75) is 58.2 Å². The van der Waals surface area contributed by atoms with Crippen molar-refractivity contribution in [3.8, 4) is 6.07 Å². The summed E-state index contributed by atoms with van der Waals surface area (Å²) in [5.41, 5.74) is -0.0209. The predicted molar refractivity (Wildman–Crippen MR) is 84.1 cm³/mol. The second-order valence-corrected chi connectivity index (χ2v) is 7.28. The molecule has 22 heavy (non-hydrogen) atoms. The van der Waals surface area contributed by atoms with E-state index in [1.165, 1.54) is 18.2 Å². The van der Waals surface area contributed by atoms with Gasteiger partial charge in [-0.1, -0.05) is 44.2 Å². The van der Waals surface area contributed by atoms with Crippen molar-refractivity contribution in [1.82, 2.24) is 0 Å². The summed E-state index contributed by atoms with van der Waals surface area (Å²) in [6.07, 6.45) is 0.0954. The van der Waals surface area contributed by atoms with Crippen LogP contribution in [0.15, 0.2) is 30.3 Å². The van der Waals surface area contributed by atoms with Crippen LogP contribution in [0.4, 0.5) is 4.39 Å². The van der Waals surface area contributed by atoms with Crippen LogP contribution in [0.1, 0.15) is 46.1 Å². The summed E-state index contributed by atoms with van der Waals surface area (Å²) in [5, 5.41) is 6.56. The lowest BCUT2D eigenvalue weighted by molar-refractivity contribution is 0.0939. The third kappa shape index (κ3) is 3.95. The maximum atomic E-state index is 15.4. The minimum Gasteiger partial charge on any atom is -0.302 e. The lowest BCUT2D eigenvalue weighted by Gasteiger charge is -2.31. The van der Waals surface area contributed by atoms with Crippen LogP contribution in [-0.2, 0) is 19.0 Å². The van der Waals surface area contributed by atoms with Crippen LogP contribution in [0.5, 0.6) is 0 Å². The maximum Gasteiger partial charge on any atom is 0.387 e. The van der Waals surface area contributed by atoms with Crippen LogP contribution in [0.2, 0.25) is 0 Å². The molecule has 0 aliphatic rings. The summed E-state index contributed by atoms with van der Waals surface area (Å²) in [6, 6.07) is 9.19. The Balaban J connectivity index is 3.34. The fraction of sp³-hybridized carbons (Fsp3) is 0.562. The lowest BCUT2D eigenvalue weighted by Crippen LogP contribution is -2.26. The van der Waals surface area contributed by atoms with E-state index in [4.69, 9.17) is 9.05 Å². The molecule has 0 amide bonds. The minimum atomic E-state index is -4.34. The first-order chi connectivity index (χ1) is 10.3. The third-order valence-electron chi connectivity index (χ3n) is 3.47. The summed E-state index contributed by atoms with van der Waals surface area (Å²) in [7, 11) is -4.34. The molecule has 4 nitrogen and oxygen atoms in total. The van der Waals surface area contributed by atoms with Crippen LogP contribution < -0.4 is 0 Å². The largest absolute Gasteiger partial charge is 0.387 e. The Labute approximate surface area is 131 Å². The number of hydrogen-bond acceptors (Lipinski definition) is 4. The SMILES string of the molecule is CCC(C)OP(=O)(OC(C)CC)C(F)(C#N)c1ccccc1. The van der Waals surface area contributed by atoms with Gasteiger partial charge in [-0.05, 0) is 26.7 Å². The molecule has 3 unspecified atom stereocenters. The van der Waals surface area contributed by atoms with Gasteiger partial charge in [0.25, 0.3) is 0 Å². The number of rotatable bonds is 8.